The fourth-order valence-corrected chi connectivity index (χ4v) is 4.62. The van der Waals surface area contributed by atoms with Crippen molar-refractivity contribution in [1.82, 2.24) is 9.55 Å². The van der Waals surface area contributed by atoms with Gasteiger partial charge in [-0.2, -0.15) is 0 Å². The second kappa shape index (κ2) is 7.55. The molecule has 0 amide bonds. The molecule has 0 spiro atoms. The summed E-state index contributed by atoms with van der Waals surface area (Å²) < 4.78 is 7.29. The summed E-state index contributed by atoms with van der Waals surface area (Å²) >= 11 is 2.95. The van der Waals surface area contributed by atoms with E-state index in [1.807, 2.05) is 37.4 Å². The van der Waals surface area contributed by atoms with E-state index < -0.39 is 5.97 Å². The summed E-state index contributed by atoms with van der Waals surface area (Å²) in [4.78, 5) is 30.0. The summed E-state index contributed by atoms with van der Waals surface area (Å²) in [6, 6.07) is 6.01. The molecule has 3 rings (SSSR count). The number of nitrogens with zero attached hydrogens (tertiary/aromatic N) is 2. The second-order valence-electron chi connectivity index (χ2n) is 6.26. The molecular weight excluding hydrogens is 368 g/mol. The van der Waals surface area contributed by atoms with Crippen molar-refractivity contribution in [1.29, 1.82) is 0 Å². The highest BCUT2D eigenvalue weighted by Crippen LogP contribution is 2.28. The van der Waals surface area contributed by atoms with Crippen molar-refractivity contribution in [2.24, 2.45) is 0 Å². The van der Waals surface area contributed by atoms with Gasteiger partial charge in [0.15, 0.2) is 12.3 Å². The molecule has 0 aliphatic rings. The Balaban J connectivity index is 1.67. The van der Waals surface area contributed by atoms with E-state index in [0.29, 0.717) is 5.56 Å². The van der Waals surface area contributed by atoms with Gasteiger partial charge in [-0.3, -0.25) is 4.79 Å². The van der Waals surface area contributed by atoms with E-state index in [9.17, 15) is 9.59 Å². The smallest absolute Gasteiger partial charge is 0.358 e. The van der Waals surface area contributed by atoms with Crippen LogP contribution in [0.3, 0.4) is 0 Å². The first-order valence-electron chi connectivity index (χ1n) is 8.26. The van der Waals surface area contributed by atoms with Gasteiger partial charge in [-0.25, -0.2) is 9.78 Å². The molecule has 0 atom stereocenters. The first kappa shape index (κ1) is 18.5. The molecule has 0 fully saturated rings. The van der Waals surface area contributed by atoms with E-state index in [2.05, 4.69) is 23.4 Å². The third-order valence-electron chi connectivity index (χ3n) is 4.08. The monoisotopic (exact) mass is 388 g/mol. The van der Waals surface area contributed by atoms with Crippen LogP contribution in [0.1, 0.15) is 52.1 Å². The fourth-order valence-electron chi connectivity index (χ4n) is 3.02. The quantitative estimate of drug-likeness (QED) is 0.445. The van der Waals surface area contributed by atoms with Crippen LogP contribution in [0.15, 0.2) is 29.0 Å². The van der Waals surface area contributed by atoms with Crippen LogP contribution in [0.5, 0.6) is 0 Å². The number of thiazole rings is 1. The first-order chi connectivity index (χ1) is 12.4. The summed E-state index contributed by atoms with van der Waals surface area (Å²) in [6.07, 6.45) is 0. The van der Waals surface area contributed by atoms with Crippen molar-refractivity contribution in [3.63, 3.8) is 0 Å². The van der Waals surface area contributed by atoms with Crippen molar-refractivity contribution in [3.8, 4) is 9.88 Å². The van der Waals surface area contributed by atoms with Crippen LogP contribution in [0, 0.1) is 13.8 Å². The molecule has 7 heteroatoms. The van der Waals surface area contributed by atoms with E-state index in [4.69, 9.17) is 4.74 Å². The zero-order chi connectivity index (χ0) is 18.8. The lowest BCUT2D eigenvalue weighted by atomic mass is 10.1. The lowest BCUT2D eigenvalue weighted by Crippen LogP contribution is -2.15. The van der Waals surface area contributed by atoms with Gasteiger partial charge in [0.05, 0.1) is 4.88 Å². The maximum Gasteiger partial charge on any atom is 0.358 e. The minimum atomic E-state index is -0.574. The number of esters is 1. The zero-order valence-electron chi connectivity index (χ0n) is 15.1. The molecule has 0 aliphatic carbocycles. The van der Waals surface area contributed by atoms with E-state index in [0.717, 1.165) is 21.3 Å². The molecule has 0 saturated carbocycles. The molecule has 0 saturated heterocycles. The molecule has 26 heavy (non-hydrogen) atoms. The lowest BCUT2D eigenvalue weighted by Gasteiger charge is -2.13. The largest absolute Gasteiger partial charge is 0.453 e. The van der Waals surface area contributed by atoms with Gasteiger partial charge in [0.1, 0.15) is 5.01 Å². The Bertz CT molecular complexity index is 936. The standard InChI is InChI=1S/C19H20N2O3S2/c1-11(2)21-12(3)8-14(13(21)4)16(22)9-24-19(23)15-10-26-18(20-15)17-6-5-7-25-17/h5-8,10-11H,9H2,1-4H3. The summed E-state index contributed by atoms with van der Waals surface area (Å²) in [7, 11) is 0. The van der Waals surface area contributed by atoms with Crippen LogP contribution < -0.4 is 0 Å². The van der Waals surface area contributed by atoms with E-state index >= 15 is 0 Å². The van der Waals surface area contributed by atoms with Gasteiger partial charge in [0, 0.05) is 28.4 Å². The van der Waals surface area contributed by atoms with Gasteiger partial charge in [0.2, 0.25) is 5.78 Å². The van der Waals surface area contributed by atoms with Crippen LogP contribution in [-0.4, -0.2) is 27.9 Å². The van der Waals surface area contributed by atoms with Gasteiger partial charge in [-0.15, -0.1) is 22.7 Å². The predicted molar refractivity (Wildman–Crippen MR) is 104 cm³/mol. The normalized spacial score (nSPS) is 11.1. The number of thiophene rings is 1. The van der Waals surface area contributed by atoms with E-state index in [1.54, 1.807) is 16.7 Å². The van der Waals surface area contributed by atoms with Crippen molar-refractivity contribution in [2.75, 3.05) is 6.61 Å². The fraction of sp³-hybridized carbons (Fsp3) is 0.316. The number of ketones is 1. The number of carbonyl (C=O) groups is 2. The topological polar surface area (TPSA) is 61.2 Å². The lowest BCUT2D eigenvalue weighted by molar-refractivity contribution is 0.0469. The van der Waals surface area contributed by atoms with E-state index in [-0.39, 0.29) is 24.1 Å². The van der Waals surface area contributed by atoms with Crippen LogP contribution >= 0.6 is 22.7 Å². The SMILES string of the molecule is Cc1cc(C(=O)COC(=O)c2csc(-c3cccs3)n2)c(C)n1C(C)C. The number of hydrogen-bond acceptors (Lipinski definition) is 6. The predicted octanol–water partition coefficient (Wildman–Crippen LogP) is 4.91. The molecule has 3 aromatic heterocycles. The van der Waals surface area contributed by atoms with Gasteiger partial charge in [0.25, 0.3) is 0 Å². The zero-order valence-corrected chi connectivity index (χ0v) is 16.7. The highest BCUT2D eigenvalue weighted by Gasteiger charge is 2.20. The number of Topliss-reactive ketones (excluding diaryl/α,β-unsaturated/α-hetero) is 1. The van der Waals surface area contributed by atoms with Gasteiger partial charge >= 0.3 is 5.97 Å². The maximum atomic E-state index is 12.5. The molecule has 5 nitrogen and oxygen atoms in total. The third-order valence-corrected chi connectivity index (χ3v) is 5.96. The molecule has 0 N–H and O–H groups in total. The summed E-state index contributed by atoms with van der Waals surface area (Å²) in [5, 5.41) is 4.40. The van der Waals surface area contributed by atoms with Crippen LogP contribution in [0.2, 0.25) is 0 Å². The highest BCUT2D eigenvalue weighted by molar-refractivity contribution is 7.20. The first-order valence-corrected chi connectivity index (χ1v) is 10.0. The molecule has 0 bridgehead atoms. The van der Waals surface area contributed by atoms with Crippen molar-refractivity contribution >= 4 is 34.4 Å². The maximum absolute atomic E-state index is 12.5. The molecule has 0 radical (unpaired) electrons. The number of ether oxygens (including phenoxy) is 1. The van der Waals surface area contributed by atoms with Gasteiger partial charge in [-0.1, -0.05) is 6.07 Å². The summed E-state index contributed by atoms with van der Waals surface area (Å²) in [6.45, 7) is 7.74. The molecule has 0 aromatic carbocycles. The van der Waals surface area contributed by atoms with Crippen molar-refractivity contribution in [3.05, 3.63) is 51.6 Å². The molecule has 3 aromatic rings. The van der Waals surface area contributed by atoms with E-state index in [1.165, 1.54) is 11.3 Å². The van der Waals surface area contributed by atoms with Crippen LogP contribution in [0.25, 0.3) is 9.88 Å². The average Bonchev–Trinajstić information content (AvgIpc) is 3.31. The minimum Gasteiger partial charge on any atom is -0.453 e. The Hall–Kier alpha value is -2.25. The Kier molecular flexibility index (Phi) is 5.38. The number of aromatic nitrogens is 2. The Morgan fingerprint density at radius 2 is 2.04 bits per heavy atom. The molecular formula is C19H20N2O3S2. The molecule has 136 valence electrons. The molecule has 0 aliphatic heterocycles. The van der Waals surface area contributed by atoms with Crippen molar-refractivity contribution in [2.45, 2.75) is 33.7 Å². The third kappa shape index (κ3) is 3.64. The van der Waals surface area contributed by atoms with Crippen molar-refractivity contribution < 1.29 is 14.3 Å². The van der Waals surface area contributed by atoms with Crippen LogP contribution in [0.4, 0.5) is 0 Å². The summed E-state index contributed by atoms with van der Waals surface area (Å²) in [5.74, 6) is -0.776. The minimum absolute atomic E-state index is 0.202. The molecule has 3 heterocycles. The van der Waals surface area contributed by atoms with Crippen LogP contribution in [-0.2, 0) is 4.74 Å². The number of aryl methyl sites for hydroxylation is 1. The van der Waals surface area contributed by atoms with Gasteiger partial charge < -0.3 is 9.30 Å². The average molecular weight is 389 g/mol. The Morgan fingerprint density at radius 3 is 2.65 bits per heavy atom. The Labute approximate surface area is 160 Å². The molecule has 0 unspecified atom stereocenters. The number of hydrogen-bond donors (Lipinski definition) is 0. The second-order valence-corrected chi connectivity index (χ2v) is 8.07. The summed E-state index contributed by atoms with van der Waals surface area (Å²) in [5.41, 5.74) is 2.75. The van der Waals surface area contributed by atoms with Gasteiger partial charge in [-0.05, 0) is 45.2 Å². The number of carbonyl (C=O) groups excluding carboxylic acids is 2. The highest BCUT2D eigenvalue weighted by atomic mass is 32.1. The Morgan fingerprint density at radius 1 is 1.27 bits per heavy atom. The number of rotatable bonds is 6.